The molecule has 0 radical (unpaired) electrons. The highest BCUT2D eigenvalue weighted by Crippen LogP contribution is 2.15. The second kappa shape index (κ2) is 5.29. The summed E-state index contributed by atoms with van der Waals surface area (Å²) < 4.78 is 3.93. The van der Waals surface area contributed by atoms with Crippen LogP contribution >= 0.6 is 0 Å². The van der Waals surface area contributed by atoms with Crippen molar-refractivity contribution in [2.75, 3.05) is 0 Å². The van der Waals surface area contributed by atoms with E-state index in [0.29, 0.717) is 0 Å². The quantitative estimate of drug-likeness (QED) is 0.795. The van der Waals surface area contributed by atoms with E-state index < -0.39 is 0 Å². The van der Waals surface area contributed by atoms with E-state index in [2.05, 4.69) is 34.5 Å². The van der Waals surface area contributed by atoms with Gasteiger partial charge in [-0.05, 0) is 32.9 Å². The van der Waals surface area contributed by atoms with Gasteiger partial charge in [-0.1, -0.05) is 6.07 Å². The zero-order valence-corrected chi connectivity index (χ0v) is 12.8. The Morgan fingerprint density at radius 3 is 2.76 bits per heavy atom. The van der Waals surface area contributed by atoms with E-state index in [-0.39, 0.29) is 6.04 Å². The average molecular weight is 284 g/mol. The summed E-state index contributed by atoms with van der Waals surface area (Å²) in [4.78, 5) is 0. The molecule has 1 N–H and O–H groups in total. The van der Waals surface area contributed by atoms with Crippen molar-refractivity contribution in [1.82, 2.24) is 29.7 Å². The Labute approximate surface area is 123 Å². The van der Waals surface area contributed by atoms with Crippen LogP contribution in [0, 0.1) is 13.8 Å². The van der Waals surface area contributed by atoms with E-state index in [1.807, 2.05) is 47.4 Å². The number of fused-ring (bicyclic) bond motifs is 1. The normalized spacial score (nSPS) is 13.0. The van der Waals surface area contributed by atoms with Gasteiger partial charge in [-0.3, -0.25) is 9.08 Å². The number of nitrogens with zero attached hydrogens (tertiary/aromatic N) is 5. The van der Waals surface area contributed by atoms with Gasteiger partial charge in [-0.15, -0.1) is 10.2 Å². The summed E-state index contributed by atoms with van der Waals surface area (Å²) >= 11 is 0. The third-order valence-corrected chi connectivity index (χ3v) is 3.97. The molecule has 3 heterocycles. The zero-order chi connectivity index (χ0) is 15.0. The molecule has 0 saturated carbocycles. The lowest BCUT2D eigenvalue weighted by Gasteiger charge is -2.12. The molecule has 6 nitrogen and oxygen atoms in total. The van der Waals surface area contributed by atoms with Crippen LogP contribution in [0.2, 0.25) is 0 Å². The minimum atomic E-state index is 0.112. The Kier molecular flexibility index (Phi) is 3.47. The smallest absolute Gasteiger partial charge is 0.160 e. The van der Waals surface area contributed by atoms with Crippen molar-refractivity contribution >= 4 is 5.65 Å². The van der Waals surface area contributed by atoms with Crippen LogP contribution in [0.3, 0.4) is 0 Å². The highest BCUT2D eigenvalue weighted by atomic mass is 15.3. The topological polar surface area (TPSA) is 60.0 Å². The fourth-order valence-electron chi connectivity index (χ4n) is 2.57. The second-order valence-corrected chi connectivity index (χ2v) is 5.36. The lowest BCUT2D eigenvalue weighted by molar-refractivity contribution is 0.539. The van der Waals surface area contributed by atoms with Gasteiger partial charge in [0.1, 0.15) is 0 Å². The van der Waals surface area contributed by atoms with E-state index in [1.54, 1.807) is 0 Å². The lowest BCUT2D eigenvalue weighted by Crippen LogP contribution is -2.21. The number of aromatic nitrogens is 5. The van der Waals surface area contributed by atoms with Gasteiger partial charge < -0.3 is 5.32 Å². The summed E-state index contributed by atoms with van der Waals surface area (Å²) in [5, 5.41) is 16.4. The summed E-state index contributed by atoms with van der Waals surface area (Å²) in [5.74, 6) is 0.921. The van der Waals surface area contributed by atoms with E-state index in [9.17, 15) is 0 Å². The summed E-state index contributed by atoms with van der Waals surface area (Å²) in [5.41, 5.74) is 4.38. The summed E-state index contributed by atoms with van der Waals surface area (Å²) in [6.07, 6.45) is 1.99. The molecule has 0 aliphatic heterocycles. The third kappa shape index (κ3) is 2.42. The maximum Gasteiger partial charge on any atom is 0.160 e. The van der Waals surface area contributed by atoms with Crippen LogP contribution < -0.4 is 5.32 Å². The molecular formula is C15H20N6. The minimum Gasteiger partial charge on any atom is -0.303 e. The monoisotopic (exact) mass is 284 g/mol. The molecule has 21 heavy (non-hydrogen) atoms. The molecule has 110 valence electrons. The van der Waals surface area contributed by atoms with Gasteiger partial charge in [0.15, 0.2) is 11.5 Å². The second-order valence-electron chi connectivity index (χ2n) is 5.36. The fourth-order valence-corrected chi connectivity index (χ4v) is 2.57. The van der Waals surface area contributed by atoms with Gasteiger partial charge in [-0.2, -0.15) is 5.10 Å². The predicted molar refractivity (Wildman–Crippen MR) is 80.9 cm³/mol. The molecule has 1 atom stereocenters. The molecule has 0 amide bonds. The van der Waals surface area contributed by atoms with Crippen LogP contribution in [0.15, 0.2) is 24.4 Å². The Morgan fingerprint density at radius 1 is 1.24 bits per heavy atom. The van der Waals surface area contributed by atoms with Crippen molar-refractivity contribution < 1.29 is 0 Å². The molecule has 3 aromatic heterocycles. The van der Waals surface area contributed by atoms with Gasteiger partial charge in [0, 0.05) is 31.0 Å². The van der Waals surface area contributed by atoms with Crippen molar-refractivity contribution in [2.45, 2.75) is 33.4 Å². The Morgan fingerprint density at radius 2 is 2.05 bits per heavy atom. The standard InChI is InChI=1S/C15H20N6/c1-10-13(12(3)20(4)19-10)9-16-11(2)15-18-17-14-7-5-6-8-21(14)15/h5-8,11,16H,9H2,1-4H3. The van der Waals surface area contributed by atoms with Gasteiger partial charge >= 0.3 is 0 Å². The van der Waals surface area contributed by atoms with Crippen molar-refractivity contribution in [3.05, 3.63) is 47.2 Å². The van der Waals surface area contributed by atoms with Crippen LogP contribution in [0.4, 0.5) is 0 Å². The number of hydrogen-bond donors (Lipinski definition) is 1. The molecule has 1 unspecified atom stereocenters. The first-order chi connectivity index (χ1) is 10.1. The third-order valence-electron chi connectivity index (χ3n) is 3.97. The van der Waals surface area contributed by atoms with E-state index in [1.165, 1.54) is 11.3 Å². The highest BCUT2D eigenvalue weighted by Gasteiger charge is 2.15. The van der Waals surface area contributed by atoms with Crippen LogP contribution in [-0.4, -0.2) is 24.4 Å². The maximum absolute atomic E-state index is 4.44. The summed E-state index contributed by atoms with van der Waals surface area (Å²) in [6.45, 7) is 7.01. The van der Waals surface area contributed by atoms with Crippen molar-refractivity contribution in [2.24, 2.45) is 7.05 Å². The van der Waals surface area contributed by atoms with Crippen LogP contribution in [0.5, 0.6) is 0 Å². The first kappa shape index (κ1) is 13.8. The lowest BCUT2D eigenvalue weighted by atomic mass is 10.2. The molecule has 0 fully saturated rings. The summed E-state index contributed by atoms with van der Waals surface area (Å²) in [7, 11) is 1.97. The molecule has 0 aliphatic rings. The SMILES string of the molecule is Cc1nn(C)c(C)c1CNC(C)c1nnc2ccccn12. The van der Waals surface area contributed by atoms with Gasteiger partial charge in [0.25, 0.3) is 0 Å². The van der Waals surface area contributed by atoms with E-state index >= 15 is 0 Å². The molecule has 0 bridgehead atoms. The van der Waals surface area contributed by atoms with E-state index in [0.717, 1.165) is 23.7 Å². The molecule has 6 heteroatoms. The van der Waals surface area contributed by atoms with Gasteiger partial charge in [-0.25, -0.2) is 0 Å². The zero-order valence-electron chi connectivity index (χ0n) is 12.8. The molecule has 0 spiro atoms. The first-order valence-corrected chi connectivity index (χ1v) is 7.10. The first-order valence-electron chi connectivity index (χ1n) is 7.10. The summed E-state index contributed by atoms with van der Waals surface area (Å²) in [6, 6.07) is 6.02. The van der Waals surface area contributed by atoms with Crippen molar-refractivity contribution in [3.8, 4) is 0 Å². The number of hydrogen-bond acceptors (Lipinski definition) is 4. The van der Waals surface area contributed by atoms with Crippen LogP contribution in [-0.2, 0) is 13.6 Å². The van der Waals surface area contributed by atoms with Gasteiger partial charge in [0.2, 0.25) is 0 Å². The fraction of sp³-hybridized carbons (Fsp3) is 0.400. The van der Waals surface area contributed by atoms with E-state index in [4.69, 9.17) is 0 Å². The molecule has 0 aliphatic carbocycles. The van der Waals surface area contributed by atoms with Crippen molar-refractivity contribution in [1.29, 1.82) is 0 Å². The average Bonchev–Trinajstić information content (AvgIpc) is 3.00. The maximum atomic E-state index is 4.44. The minimum absolute atomic E-state index is 0.112. The van der Waals surface area contributed by atoms with Gasteiger partial charge in [0.05, 0.1) is 11.7 Å². The Bertz CT molecular complexity index is 770. The number of nitrogens with one attached hydrogen (secondary N) is 1. The Balaban J connectivity index is 1.79. The van der Waals surface area contributed by atoms with Crippen LogP contribution in [0.1, 0.15) is 35.7 Å². The molecule has 0 aromatic carbocycles. The molecule has 3 rings (SSSR count). The largest absolute Gasteiger partial charge is 0.303 e. The molecule has 3 aromatic rings. The molecule has 0 saturated heterocycles. The number of aryl methyl sites for hydroxylation is 2. The van der Waals surface area contributed by atoms with Crippen LogP contribution in [0.25, 0.3) is 5.65 Å². The predicted octanol–water partition coefficient (Wildman–Crippen LogP) is 1.93. The highest BCUT2D eigenvalue weighted by molar-refractivity contribution is 5.37. The van der Waals surface area contributed by atoms with Crippen molar-refractivity contribution in [3.63, 3.8) is 0 Å². The number of pyridine rings is 1. The Hall–Kier alpha value is -2.21. The number of rotatable bonds is 4. The molecular weight excluding hydrogens is 264 g/mol.